The number of rotatable bonds is 7. The molecule has 9 nitrogen and oxygen atoms in total. The number of carbonyl (C=O) groups excluding carboxylic acids is 1. The van der Waals surface area contributed by atoms with Crippen LogP contribution in [0.1, 0.15) is 12.0 Å². The molecule has 0 unspecified atom stereocenters. The molecule has 35 heavy (non-hydrogen) atoms. The van der Waals surface area contributed by atoms with Crippen molar-refractivity contribution in [3.8, 4) is 0 Å². The zero-order valence-electron chi connectivity index (χ0n) is 19.4. The van der Waals surface area contributed by atoms with Crippen molar-refractivity contribution in [1.82, 2.24) is 24.4 Å². The van der Waals surface area contributed by atoms with E-state index >= 15 is 0 Å². The molecule has 3 heterocycles. The number of aryl methyl sites for hydroxylation is 1. The summed E-state index contributed by atoms with van der Waals surface area (Å²) in [6, 6.07) is 19.5. The Kier molecular flexibility index (Phi) is 6.76. The van der Waals surface area contributed by atoms with E-state index in [2.05, 4.69) is 54.3 Å². The zero-order valence-corrected chi connectivity index (χ0v) is 19.4. The number of hydrogen-bond acceptors (Lipinski definition) is 7. The fraction of sp³-hybridized carbons (Fsp3) is 0.269. The first-order valence-electron chi connectivity index (χ1n) is 11.7. The lowest BCUT2D eigenvalue weighted by Gasteiger charge is -2.35. The Morgan fingerprint density at radius 1 is 0.914 bits per heavy atom. The predicted molar refractivity (Wildman–Crippen MR) is 135 cm³/mol. The number of nitrogens with one attached hydrogen (secondary N) is 1. The number of aromatic nitrogens is 4. The molecule has 2 aromatic carbocycles. The van der Waals surface area contributed by atoms with Gasteiger partial charge in [-0.25, -0.2) is 15.0 Å². The predicted octanol–water partition coefficient (Wildman–Crippen LogP) is 2.54. The first-order chi connectivity index (χ1) is 17.2. The number of para-hydroxylation sites is 1. The molecule has 9 heteroatoms. The number of nitrogens with zero attached hydrogens (tertiary/aromatic N) is 6. The molecule has 1 fully saturated rings. The van der Waals surface area contributed by atoms with Gasteiger partial charge >= 0.3 is 0 Å². The van der Waals surface area contributed by atoms with Gasteiger partial charge in [0.1, 0.15) is 18.0 Å². The van der Waals surface area contributed by atoms with Crippen molar-refractivity contribution in [2.75, 3.05) is 36.4 Å². The summed E-state index contributed by atoms with van der Waals surface area (Å²) in [6.45, 7) is 4.77. The number of amides is 1. The lowest BCUT2D eigenvalue weighted by Crippen LogP contribution is -2.46. The quantitative estimate of drug-likeness (QED) is 0.444. The highest BCUT2D eigenvalue weighted by Gasteiger charge is 2.19. The highest BCUT2D eigenvalue weighted by atomic mass is 16.2. The normalized spacial score (nSPS) is 14.2. The molecule has 0 aliphatic carbocycles. The van der Waals surface area contributed by atoms with Gasteiger partial charge in [-0.15, -0.1) is 0 Å². The minimum Gasteiger partial charge on any atom is -0.354 e. The second-order valence-corrected chi connectivity index (χ2v) is 8.57. The number of anilines is 2. The van der Waals surface area contributed by atoms with E-state index in [0.717, 1.165) is 38.5 Å². The van der Waals surface area contributed by atoms with Crippen LogP contribution in [-0.2, 0) is 17.9 Å². The standard InChI is InChI=1S/C26H27N7O2/c34-25(10-11-33-19-29-22-9-5-4-8-21(22)26(33)35)30-23-16-24(28-18-27-23)32-14-12-31(13-15-32)17-20-6-2-1-3-7-20/h1-9,16,18-19H,10-15,17H2,(H,27,28,30,34). The van der Waals surface area contributed by atoms with Crippen LogP contribution in [0.5, 0.6) is 0 Å². The molecule has 1 amide bonds. The highest BCUT2D eigenvalue weighted by molar-refractivity contribution is 5.90. The number of hydrogen-bond donors (Lipinski definition) is 1. The molecule has 5 rings (SSSR count). The molecule has 1 saturated heterocycles. The van der Waals surface area contributed by atoms with E-state index in [0.29, 0.717) is 16.7 Å². The molecule has 2 aromatic heterocycles. The van der Waals surface area contributed by atoms with Crippen molar-refractivity contribution in [3.63, 3.8) is 0 Å². The minimum absolute atomic E-state index is 0.136. The van der Waals surface area contributed by atoms with Crippen LogP contribution < -0.4 is 15.8 Å². The Morgan fingerprint density at radius 2 is 1.69 bits per heavy atom. The molecule has 178 valence electrons. The van der Waals surface area contributed by atoms with E-state index in [1.165, 1.54) is 22.8 Å². The van der Waals surface area contributed by atoms with Crippen LogP contribution in [0.15, 0.2) is 78.1 Å². The van der Waals surface area contributed by atoms with Crippen LogP contribution in [0, 0.1) is 0 Å². The lowest BCUT2D eigenvalue weighted by molar-refractivity contribution is -0.116. The molecular formula is C26H27N7O2. The molecular weight excluding hydrogens is 442 g/mol. The monoisotopic (exact) mass is 469 g/mol. The molecule has 4 aromatic rings. The van der Waals surface area contributed by atoms with Crippen LogP contribution in [-0.4, -0.2) is 56.5 Å². The van der Waals surface area contributed by atoms with E-state index in [9.17, 15) is 9.59 Å². The van der Waals surface area contributed by atoms with E-state index in [-0.39, 0.29) is 24.4 Å². The fourth-order valence-corrected chi connectivity index (χ4v) is 4.26. The summed E-state index contributed by atoms with van der Waals surface area (Å²) in [5.74, 6) is 1.03. The van der Waals surface area contributed by atoms with Crippen LogP contribution in [0.4, 0.5) is 11.6 Å². The summed E-state index contributed by atoms with van der Waals surface area (Å²) in [5.41, 5.74) is 1.81. The van der Waals surface area contributed by atoms with Crippen molar-refractivity contribution in [1.29, 1.82) is 0 Å². The molecule has 0 bridgehead atoms. The SMILES string of the molecule is O=C(CCn1cnc2ccccc2c1=O)Nc1cc(N2CCN(Cc3ccccc3)CC2)ncn1. The van der Waals surface area contributed by atoms with Gasteiger partial charge in [-0.05, 0) is 17.7 Å². The minimum atomic E-state index is -0.220. The third-order valence-electron chi connectivity index (χ3n) is 6.18. The first kappa shape index (κ1) is 22.7. The maximum absolute atomic E-state index is 12.6. The van der Waals surface area contributed by atoms with Gasteiger partial charge in [0.25, 0.3) is 5.56 Å². The average molecular weight is 470 g/mol. The Bertz CT molecular complexity index is 1370. The smallest absolute Gasteiger partial charge is 0.261 e. The van der Waals surface area contributed by atoms with Gasteiger partial charge in [0.15, 0.2) is 0 Å². The van der Waals surface area contributed by atoms with Gasteiger partial charge in [-0.1, -0.05) is 42.5 Å². The topological polar surface area (TPSA) is 96.2 Å². The molecule has 0 spiro atoms. The van der Waals surface area contributed by atoms with E-state index in [1.807, 2.05) is 12.1 Å². The summed E-state index contributed by atoms with van der Waals surface area (Å²) in [4.78, 5) is 42.7. The van der Waals surface area contributed by atoms with E-state index in [4.69, 9.17) is 0 Å². The van der Waals surface area contributed by atoms with Crippen LogP contribution in [0.25, 0.3) is 10.9 Å². The number of benzene rings is 2. The van der Waals surface area contributed by atoms with Gasteiger partial charge in [0.05, 0.1) is 17.2 Å². The molecule has 0 saturated carbocycles. The Hall–Kier alpha value is -4.11. The molecule has 1 aliphatic heterocycles. The van der Waals surface area contributed by atoms with Gasteiger partial charge in [0.2, 0.25) is 5.91 Å². The fourth-order valence-electron chi connectivity index (χ4n) is 4.26. The molecule has 1 N–H and O–H groups in total. The second-order valence-electron chi connectivity index (χ2n) is 8.57. The first-order valence-corrected chi connectivity index (χ1v) is 11.7. The lowest BCUT2D eigenvalue weighted by atomic mass is 10.2. The summed E-state index contributed by atoms with van der Waals surface area (Å²) in [6.07, 6.45) is 3.09. The Balaban J connectivity index is 1.15. The van der Waals surface area contributed by atoms with Crippen molar-refractivity contribution in [2.24, 2.45) is 0 Å². The Morgan fingerprint density at radius 3 is 2.51 bits per heavy atom. The van der Waals surface area contributed by atoms with Crippen molar-refractivity contribution in [3.05, 3.63) is 89.2 Å². The van der Waals surface area contributed by atoms with Crippen molar-refractivity contribution in [2.45, 2.75) is 19.5 Å². The van der Waals surface area contributed by atoms with Crippen LogP contribution in [0.2, 0.25) is 0 Å². The van der Waals surface area contributed by atoms with Crippen LogP contribution >= 0.6 is 0 Å². The van der Waals surface area contributed by atoms with Crippen molar-refractivity contribution < 1.29 is 4.79 Å². The van der Waals surface area contributed by atoms with Gasteiger partial charge in [-0.3, -0.25) is 19.1 Å². The van der Waals surface area contributed by atoms with Gasteiger partial charge in [0, 0.05) is 51.8 Å². The summed E-state index contributed by atoms with van der Waals surface area (Å²) in [5, 5.41) is 3.37. The molecule has 0 atom stereocenters. The van der Waals surface area contributed by atoms with E-state index < -0.39 is 0 Å². The largest absolute Gasteiger partial charge is 0.354 e. The second kappa shape index (κ2) is 10.4. The number of carbonyl (C=O) groups is 1. The average Bonchev–Trinajstić information content (AvgIpc) is 2.90. The summed E-state index contributed by atoms with van der Waals surface area (Å²) >= 11 is 0. The summed E-state index contributed by atoms with van der Waals surface area (Å²) in [7, 11) is 0. The van der Waals surface area contributed by atoms with E-state index in [1.54, 1.807) is 24.3 Å². The van der Waals surface area contributed by atoms with Crippen LogP contribution in [0.3, 0.4) is 0 Å². The molecule has 1 aliphatic rings. The van der Waals surface area contributed by atoms with Gasteiger partial charge in [-0.2, -0.15) is 0 Å². The highest BCUT2D eigenvalue weighted by Crippen LogP contribution is 2.17. The number of fused-ring (bicyclic) bond motifs is 1. The summed E-state index contributed by atoms with van der Waals surface area (Å²) < 4.78 is 1.46. The maximum atomic E-state index is 12.6. The maximum Gasteiger partial charge on any atom is 0.261 e. The number of piperazine rings is 1. The Labute approximate surface area is 203 Å². The third-order valence-corrected chi connectivity index (χ3v) is 6.18. The third kappa shape index (κ3) is 5.52. The zero-order chi connectivity index (χ0) is 24.0. The van der Waals surface area contributed by atoms with Gasteiger partial charge < -0.3 is 10.2 Å². The van der Waals surface area contributed by atoms with Crippen molar-refractivity contribution >= 4 is 28.4 Å². The molecule has 0 radical (unpaired) electrons.